The Bertz CT molecular complexity index is 1400. The van der Waals surface area contributed by atoms with Gasteiger partial charge in [-0.15, -0.1) is 0 Å². The minimum Gasteiger partial charge on any atom is -0.491 e. The lowest BCUT2D eigenvalue weighted by Crippen LogP contribution is -2.54. The van der Waals surface area contributed by atoms with Gasteiger partial charge in [-0.25, -0.2) is 14.4 Å². The topological polar surface area (TPSA) is 98.7 Å². The molecule has 10 heteroatoms. The summed E-state index contributed by atoms with van der Waals surface area (Å²) in [5.74, 6) is 0.760. The molecule has 0 atom stereocenters. The third-order valence-corrected chi connectivity index (χ3v) is 9.39. The van der Waals surface area contributed by atoms with Gasteiger partial charge in [0.25, 0.3) is 0 Å². The van der Waals surface area contributed by atoms with Gasteiger partial charge in [-0.1, -0.05) is 0 Å². The number of anilines is 1. The van der Waals surface area contributed by atoms with Gasteiger partial charge < -0.3 is 24.7 Å². The first-order chi connectivity index (χ1) is 18.9. The minimum absolute atomic E-state index is 0.144. The highest BCUT2D eigenvalue weighted by molar-refractivity contribution is 6.01. The summed E-state index contributed by atoms with van der Waals surface area (Å²) in [5.41, 5.74) is 7.98. The molecule has 2 bridgehead atoms. The van der Waals surface area contributed by atoms with E-state index in [9.17, 15) is 4.79 Å². The first-order valence-electron chi connectivity index (χ1n) is 14.1. The standard InChI is InChI=1S/C29H35FN6O3/c1-18(37)34-8-10-35(11-9-34)19-12-20(13-19)36-15-24(26-27(31)32-17-33-28(26)36)23-14-22(2-3-25(23)30)38-16-29-6-4-21(39-29)5-7-29/h2-3,14-15,17,19-21H,4-13,16H2,1H3,(H2,31,32,33)/t19?,20?,21-,29+. The van der Waals surface area contributed by atoms with Crippen LogP contribution in [-0.4, -0.2) is 80.8 Å². The van der Waals surface area contributed by atoms with E-state index in [1.807, 2.05) is 11.1 Å². The summed E-state index contributed by atoms with van der Waals surface area (Å²) in [5, 5.41) is 0.670. The number of benzene rings is 1. The van der Waals surface area contributed by atoms with Crippen LogP contribution in [0.4, 0.5) is 10.2 Å². The zero-order chi connectivity index (χ0) is 26.7. The van der Waals surface area contributed by atoms with E-state index in [2.05, 4.69) is 19.4 Å². The van der Waals surface area contributed by atoms with Gasteiger partial charge in [-0.05, 0) is 56.7 Å². The lowest BCUT2D eigenvalue weighted by molar-refractivity contribution is -0.131. The molecular formula is C29H35FN6O3. The normalized spacial score (nSPS) is 28.7. The fourth-order valence-electron chi connectivity index (χ4n) is 6.98. The molecule has 4 fully saturated rings. The molecule has 7 rings (SSSR count). The number of hydrogen-bond acceptors (Lipinski definition) is 7. The van der Waals surface area contributed by atoms with E-state index in [0.29, 0.717) is 46.8 Å². The number of carbonyl (C=O) groups is 1. The van der Waals surface area contributed by atoms with Crippen molar-refractivity contribution in [3.05, 3.63) is 36.5 Å². The molecular weight excluding hydrogens is 499 g/mol. The van der Waals surface area contributed by atoms with Gasteiger partial charge in [0.15, 0.2) is 0 Å². The van der Waals surface area contributed by atoms with Crippen LogP contribution < -0.4 is 10.5 Å². The second kappa shape index (κ2) is 9.45. The van der Waals surface area contributed by atoms with Gasteiger partial charge >= 0.3 is 0 Å². The highest BCUT2D eigenvalue weighted by Crippen LogP contribution is 2.45. The van der Waals surface area contributed by atoms with Crippen molar-refractivity contribution in [2.45, 2.75) is 69.2 Å². The molecule has 5 heterocycles. The number of ether oxygens (including phenoxy) is 2. The van der Waals surface area contributed by atoms with E-state index < -0.39 is 0 Å². The lowest BCUT2D eigenvalue weighted by atomic mass is 9.85. The average Bonchev–Trinajstić information content (AvgIpc) is 3.62. The Balaban J connectivity index is 1.13. The first-order valence-corrected chi connectivity index (χ1v) is 14.1. The van der Waals surface area contributed by atoms with E-state index in [4.69, 9.17) is 15.2 Å². The summed E-state index contributed by atoms with van der Waals surface area (Å²) in [4.78, 5) is 24.9. The Kier molecular flexibility index (Phi) is 6.00. The second-order valence-electron chi connectivity index (χ2n) is 11.7. The highest BCUT2D eigenvalue weighted by Gasteiger charge is 2.46. The third kappa shape index (κ3) is 4.34. The number of aromatic nitrogens is 3. The molecule has 0 spiro atoms. The summed E-state index contributed by atoms with van der Waals surface area (Å²) in [6, 6.07) is 5.60. The fraction of sp³-hybridized carbons (Fsp3) is 0.552. The molecule has 3 aliphatic heterocycles. The molecule has 0 radical (unpaired) electrons. The maximum atomic E-state index is 15.3. The maximum Gasteiger partial charge on any atom is 0.219 e. The monoisotopic (exact) mass is 534 g/mol. The van der Waals surface area contributed by atoms with Crippen LogP contribution >= 0.6 is 0 Å². The fourth-order valence-corrected chi connectivity index (χ4v) is 6.98. The van der Waals surface area contributed by atoms with E-state index in [0.717, 1.165) is 70.4 Å². The number of nitrogens with two attached hydrogens (primary N) is 1. The van der Waals surface area contributed by atoms with Crippen molar-refractivity contribution in [2.75, 3.05) is 38.5 Å². The summed E-state index contributed by atoms with van der Waals surface area (Å²) >= 11 is 0. The molecule has 1 aromatic carbocycles. The minimum atomic E-state index is -0.337. The summed E-state index contributed by atoms with van der Waals surface area (Å²) in [6.45, 7) is 5.47. The van der Waals surface area contributed by atoms with Gasteiger partial charge in [-0.2, -0.15) is 0 Å². The second-order valence-corrected chi connectivity index (χ2v) is 11.7. The van der Waals surface area contributed by atoms with Crippen LogP contribution in [0.5, 0.6) is 5.75 Å². The number of halogens is 1. The first kappa shape index (κ1) is 24.8. The van der Waals surface area contributed by atoms with Crippen molar-refractivity contribution in [2.24, 2.45) is 0 Å². The lowest BCUT2D eigenvalue weighted by Gasteiger charge is -2.46. The van der Waals surface area contributed by atoms with Crippen LogP contribution in [-0.2, 0) is 9.53 Å². The molecule has 3 aromatic rings. The van der Waals surface area contributed by atoms with Crippen LogP contribution in [0.3, 0.4) is 0 Å². The SMILES string of the molecule is CC(=O)N1CCN(C2CC(n3cc(-c4cc(OC[C@]56CC[C@H](CC5)O6)ccc4F)c4c(N)ncnc43)C2)CC1. The number of piperazine rings is 1. The number of nitrogens with zero attached hydrogens (tertiary/aromatic N) is 5. The summed E-state index contributed by atoms with van der Waals surface area (Å²) in [6.07, 6.45) is 9.98. The average molecular weight is 535 g/mol. The molecule has 9 nitrogen and oxygen atoms in total. The number of fused-ring (bicyclic) bond motifs is 3. The van der Waals surface area contributed by atoms with Gasteiger partial charge in [0.05, 0.1) is 11.5 Å². The molecule has 2 N–H and O–H groups in total. The van der Waals surface area contributed by atoms with Gasteiger partial charge in [0.2, 0.25) is 5.91 Å². The van der Waals surface area contributed by atoms with Crippen LogP contribution in [0.2, 0.25) is 0 Å². The Morgan fingerprint density at radius 2 is 1.90 bits per heavy atom. The molecule has 4 aliphatic rings. The number of nitrogen functional groups attached to an aromatic ring is 1. The number of hydrogen-bond donors (Lipinski definition) is 1. The highest BCUT2D eigenvalue weighted by atomic mass is 19.1. The van der Waals surface area contributed by atoms with Gasteiger partial charge in [-0.3, -0.25) is 9.69 Å². The predicted molar refractivity (Wildman–Crippen MR) is 145 cm³/mol. The zero-order valence-electron chi connectivity index (χ0n) is 22.3. The van der Waals surface area contributed by atoms with Crippen LogP contribution in [0.25, 0.3) is 22.2 Å². The van der Waals surface area contributed by atoms with Crippen molar-refractivity contribution >= 4 is 22.8 Å². The molecule has 1 saturated carbocycles. The Labute approximate surface area is 227 Å². The maximum absolute atomic E-state index is 15.3. The van der Waals surface area contributed by atoms with Crippen molar-refractivity contribution in [1.29, 1.82) is 0 Å². The molecule has 1 aliphatic carbocycles. The predicted octanol–water partition coefficient (Wildman–Crippen LogP) is 3.78. The van der Waals surface area contributed by atoms with E-state index in [1.54, 1.807) is 19.1 Å². The molecule has 206 valence electrons. The molecule has 1 amide bonds. The summed E-state index contributed by atoms with van der Waals surface area (Å²) < 4.78 is 29.8. The Morgan fingerprint density at radius 3 is 2.59 bits per heavy atom. The molecule has 3 saturated heterocycles. The van der Waals surface area contributed by atoms with E-state index in [-0.39, 0.29) is 23.4 Å². The number of amides is 1. The number of carbonyl (C=O) groups excluding carboxylic acids is 1. The van der Waals surface area contributed by atoms with Crippen molar-refractivity contribution in [3.63, 3.8) is 0 Å². The zero-order valence-corrected chi connectivity index (χ0v) is 22.3. The smallest absolute Gasteiger partial charge is 0.219 e. The largest absolute Gasteiger partial charge is 0.491 e. The summed E-state index contributed by atoms with van der Waals surface area (Å²) in [7, 11) is 0. The third-order valence-electron chi connectivity index (χ3n) is 9.39. The van der Waals surface area contributed by atoms with Crippen molar-refractivity contribution in [3.8, 4) is 16.9 Å². The van der Waals surface area contributed by atoms with Crippen LogP contribution in [0, 0.1) is 5.82 Å². The van der Waals surface area contributed by atoms with Gasteiger partial charge in [0.1, 0.15) is 41.6 Å². The van der Waals surface area contributed by atoms with Crippen molar-refractivity contribution in [1.82, 2.24) is 24.3 Å². The molecule has 39 heavy (non-hydrogen) atoms. The quantitative estimate of drug-likeness (QED) is 0.514. The van der Waals surface area contributed by atoms with Crippen molar-refractivity contribution < 1.29 is 18.7 Å². The molecule has 0 unspecified atom stereocenters. The molecule has 2 aromatic heterocycles. The van der Waals surface area contributed by atoms with E-state index in [1.165, 1.54) is 12.4 Å². The number of rotatable bonds is 6. The van der Waals surface area contributed by atoms with E-state index >= 15 is 4.39 Å². The Hall–Kier alpha value is -3.24. The Morgan fingerprint density at radius 1 is 1.13 bits per heavy atom. The van der Waals surface area contributed by atoms with Crippen LogP contribution in [0.1, 0.15) is 51.5 Å². The van der Waals surface area contributed by atoms with Crippen LogP contribution in [0.15, 0.2) is 30.7 Å². The van der Waals surface area contributed by atoms with Gasteiger partial charge in [0, 0.05) is 62.5 Å².